The van der Waals surface area contributed by atoms with Gasteiger partial charge in [0.2, 0.25) is 10.0 Å². The van der Waals surface area contributed by atoms with Crippen molar-refractivity contribution < 1.29 is 8.42 Å². The summed E-state index contributed by atoms with van der Waals surface area (Å²) in [6, 6.07) is 2.85. The number of benzene rings is 1. The van der Waals surface area contributed by atoms with Crippen molar-refractivity contribution in [2.75, 3.05) is 12.3 Å². The molecule has 1 heterocycles. The molecule has 0 amide bonds. The van der Waals surface area contributed by atoms with Crippen LogP contribution in [0.4, 0.5) is 5.69 Å². The van der Waals surface area contributed by atoms with Crippen LogP contribution in [0.25, 0.3) is 0 Å². The topological polar surface area (TPSA) is 63.4 Å². The van der Waals surface area contributed by atoms with Crippen LogP contribution in [0, 0.1) is 0 Å². The van der Waals surface area contributed by atoms with Gasteiger partial charge in [0.25, 0.3) is 0 Å². The number of nitrogens with zero attached hydrogens (tertiary/aromatic N) is 1. The fourth-order valence-corrected chi connectivity index (χ4v) is 5.56. The Labute approximate surface area is 136 Å². The Morgan fingerprint density at radius 2 is 2.00 bits per heavy atom. The second kappa shape index (κ2) is 6.73. The highest BCUT2D eigenvalue weighted by Gasteiger charge is 2.34. The molecule has 2 N–H and O–H groups in total. The first-order valence-corrected chi connectivity index (χ1v) is 9.34. The van der Waals surface area contributed by atoms with Gasteiger partial charge in [-0.25, -0.2) is 8.42 Å². The Bertz CT molecular complexity index is 596. The van der Waals surface area contributed by atoms with E-state index in [1.54, 1.807) is 4.31 Å². The predicted octanol–water partition coefficient (Wildman–Crippen LogP) is 3.92. The number of sulfonamides is 1. The second-order valence-corrected chi connectivity index (χ2v) is 8.00. The van der Waals surface area contributed by atoms with Crippen molar-refractivity contribution in [3.8, 4) is 0 Å². The van der Waals surface area contributed by atoms with Crippen LogP contribution in [0.3, 0.4) is 0 Å². The fraction of sp³-hybridized carbons (Fsp3) is 0.571. The van der Waals surface area contributed by atoms with Crippen molar-refractivity contribution in [2.24, 2.45) is 0 Å². The van der Waals surface area contributed by atoms with Gasteiger partial charge in [0.1, 0.15) is 4.90 Å². The van der Waals surface area contributed by atoms with E-state index in [1.165, 1.54) is 12.1 Å². The predicted molar refractivity (Wildman–Crippen MR) is 87.3 cm³/mol. The largest absolute Gasteiger partial charge is 0.398 e. The first-order chi connectivity index (χ1) is 9.87. The van der Waals surface area contributed by atoms with Crippen LogP contribution in [0.2, 0.25) is 10.0 Å². The summed E-state index contributed by atoms with van der Waals surface area (Å²) in [4.78, 5) is -0.0195. The molecule has 0 aliphatic carbocycles. The molecule has 7 heteroatoms. The molecule has 0 radical (unpaired) electrons. The summed E-state index contributed by atoms with van der Waals surface area (Å²) in [5, 5.41) is 0.415. The summed E-state index contributed by atoms with van der Waals surface area (Å²) in [5.74, 6) is 0. The first kappa shape index (κ1) is 16.9. The zero-order chi connectivity index (χ0) is 15.6. The minimum atomic E-state index is -3.71. The van der Waals surface area contributed by atoms with Gasteiger partial charge in [-0.2, -0.15) is 4.31 Å². The molecule has 0 aromatic heterocycles. The molecule has 1 fully saturated rings. The number of nitrogen functional groups attached to an aromatic ring is 1. The highest BCUT2D eigenvalue weighted by molar-refractivity contribution is 7.89. The van der Waals surface area contributed by atoms with E-state index in [9.17, 15) is 8.42 Å². The summed E-state index contributed by atoms with van der Waals surface area (Å²) < 4.78 is 27.5. The third kappa shape index (κ3) is 3.47. The SMILES string of the molecule is CCC1CCCCCN1S(=O)(=O)c1c(N)cc(Cl)cc1Cl. The number of rotatable bonds is 3. The van der Waals surface area contributed by atoms with Gasteiger partial charge >= 0.3 is 0 Å². The van der Waals surface area contributed by atoms with Crippen molar-refractivity contribution in [1.82, 2.24) is 4.31 Å². The third-order valence-electron chi connectivity index (χ3n) is 3.90. The number of halogens is 2. The van der Waals surface area contributed by atoms with Crippen LogP contribution in [0.5, 0.6) is 0 Å². The van der Waals surface area contributed by atoms with Gasteiger partial charge in [-0.3, -0.25) is 0 Å². The minimum absolute atomic E-state index is 0.00337. The van der Waals surface area contributed by atoms with E-state index in [0.29, 0.717) is 11.6 Å². The number of hydrogen-bond acceptors (Lipinski definition) is 3. The zero-order valence-electron chi connectivity index (χ0n) is 12.0. The average molecular weight is 351 g/mol. The molecule has 4 nitrogen and oxygen atoms in total. The van der Waals surface area contributed by atoms with Gasteiger partial charge < -0.3 is 5.73 Å². The standard InChI is InChI=1S/C14H20Cl2N2O2S/c1-2-11-6-4-3-5-7-18(11)21(19,20)14-12(16)8-10(15)9-13(14)17/h8-9,11H,2-7,17H2,1H3. The Kier molecular flexibility index (Phi) is 5.41. The highest BCUT2D eigenvalue weighted by Crippen LogP contribution is 2.35. The average Bonchev–Trinajstić information content (AvgIpc) is 2.62. The normalized spacial score (nSPS) is 21.2. The Hall–Kier alpha value is -0.490. The van der Waals surface area contributed by atoms with E-state index < -0.39 is 10.0 Å². The lowest BCUT2D eigenvalue weighted by atomic mass is 10.1. The molecular formula is C14H20Cl2N2O2S. The van der Waals surface area contributed by atoms with E-state index in [2.05, 4.69) is 0 Å². The van der Waals surface area contributed by atoms with Gasteiger partial charge in [0.15, 0.2) is 0 Å². The lowest BCUT2D eigenvalue weighted by Crippen LogP contribution is -2.40. The number of nitrogens with two attached hydrogens (primary N) is 1. The van der Waals surface area contributed by atoms with Crippen molar-refractivity contribution >= 4 is 38.9 Å². The maximum atomic E-state index is 13.0. The van der Waals surface area contributed by atoms with E-state index in [-0.39, 0.29) is 21.6 Å². The molecule has 21 heavy (non-hydrogen) atoms. The van der Waals surface area contributed by atoms with Gasteiger partial charge in [-0.15, -0.1) is 0 Å². The van der Waals surface area contributed by atoms with Crippen LogP contribution in [0.15, 0.2) is 17.0 Å². The third-order valence-corrected chi connectivity index (χ3v) is 6.60. The summed E-state index contributed by atoms with van der Waals surface area (Å²) >= 11 is 12.0. The monoisotopic (exact) mass is 350 g/mol. The maximum absolute atomic E-state index is 13.0. The summed E-state index contributed by atoms with van der Waals surface area (Å²) in [6.45, 7) is 2.52. The lowest BCUT2D eigenvalue weighted by molar-refractivity contribution is 0.315. The van der Waals surface area contributed by atoms with Crippen LogP contribution in [-0.2, 0) is 10.0 Å². The summed E-state index contributed by atoms with van der Waals surface area (Å²) in [5.41, 5.74) is 5.97. The molecule has 1 aliphatic rings. The van der Waals surface area contributed by atoms with Gasteiger partial charge in [-0.1, -0.05) is 43.0 Å². The summed E-state index contributed by atoms with van der Waals surface area (Å²) in [7, 11) is -3.71. The molecule has 118 valence electrons. The van der Waals surface area contributed by atoms with Crippen LogP contribution in [0.1, 0.15) is 39.0 Å². The molecule has 2 rings (SSSR count). The highest BCUT2D eigenvalue weighted by atomic mass is 35.5. The maximum Gasteiger partial charge on any atom is 0.246 e. The molecule has 1 unspecified atom stereocenters. The quantitative estimate of drug-likeness (QED) is 0.840. The van der Waals surface area contributed by atoms with Crippen molar-refractivity contribution in [1.29, 1.82) is 0 Å². The van der Waals surface area contributed by atoms with Crippen LogP contribution >= 0.6 is 23.2 Å². The van der Waals surface area contributed by atoms with Gasteiger partial charge in [0.05, 0.1) is 10.7 Å². The molecule has 0 bridgehead atoms. The molecule has 1 saturated heterocycles. The molecule has 1 aromatic rings. The van der Waals surface area contributed by atoms with Gasteiger partial charge in [-0.05, 0) is 31.4 Å². The van der Waals surface area contributed by atoms with Crippen molar-refractivity contribution in [3.63, 3.8) is 0 Å². The molecule has 1 aliphatic heterocycles. The van der Waals surface area contributed by atoms with Crippen molar-refractivity contribution in [3.05, 3.63) is 22.2 Å². The van der Waals surface area contributed by atoms with Crippen LogP contribution < -0.4 is 5.73 Å². The molecule has 0 spiro atoms. The van der Waals surface area contributed by atoms with E-state index in [4.69, 9.17) is 28.9 Å². The molecule has 1 aromatic carbocycles. The second-order valence-electron chi connectivity index (χ2n) is 5.33. The Morgan fingerprint density at radius 3 is 2.62 bits per heavy atom. The number of hydrogen-bond donors (Lipinski definition) is 1. The van der Waals surface area contributed by atoms with E-state index in [1.807, 2.05) is 6.92 Å². The summed E-state index contributed by atoms with van der Waals surface area (Å²) in [6.07, 6.45) is 4.62. The first-order valence-electron chi connectivity index (χ1n) is 7.14. The van der Waals surface area contributed by atoms with Crippen LogP contribution in [-0.4, -0.2) is 25.3 Å². The minimum Gasteiger partial charge on any atom is -0.398 e. The van der Waals surface area contributed by atoms with Gasteiger partial charge in [0, 0.05) is 17.6 Å². The van der Waals surface area contributed by atoms with E-state index in [0.717, 1.165) is 32.1 Å². The molecule has 0 saturated carbocycles. The molecular weight excluding hydrogens is 331 g/mol. The molecule has 1 atom stereocenters. The Morgan fingerprint density at radius 1 is 1.29 bits per heavy atom. The number of anilines is 1. The fourth-order valence-electron chi connectivity index (χ4n) is 2.84. The smallest absolute Gasteiger partial charge is 0.246 e. The van der Waals surface area contributed by atoms with Crippen molar-refractivity contribution in [2.45, 2.75) is 50.0 Å². The van der Waals surface area contributed by atoms with E-state index >= 15 is 0 Å². The zero-order valence-corrected chi connectivity index (χ0v) is 14.3. The Balaban J connectivity index is 2.50. The lowest BCUT2D eigenvalue weighted by Gasteiger charge is -2.29.